The van der Waals surface area contributed by atoms with Crippen molar-refractivity contribution in [1.29, 1.82) is 0 Å². The van der Waals surface area contributed by atoms with E-state index in [1.807, 2.05) is 52.0 Å². The van der Waals surface area contributed by atoms with Gasteiger partial charge in [-0.1, -0.05) is 45.9 Å². The van der Waals surface area contributed by atoms with E-state index in [9.17, 15) is 13.6 Å². The first-order chi connectivity index (χ1) is 13.5. The summed E-state index contributed by atoms with van der Waals surface area (Å²) >= 11 is 0. The van der Waals surface area contributed by atoms with E-state index in [1.54, 1.807) is 0 Å². The van der Waals surface area contributed by atoms with Gasteiger partial charge < -0.3 is 9.40 Å². The molecule has 0 radical (unpaired) electrons. The molecule has 0 spiro atoms. The summed E-state index contributed by atoms with van der Waals surface area (Å²) in [5.41, 5.74) is 1.81. The maximum atomic E-state index is 14.1. The Morgan fingerprint density at radius 3 is 2.46 bits per heavy atom. The number of furan rings is 1. The number of nitrogens with one attached hydrogen (secondary N) is 1. The largest absolute Gasteiger partial charge is 0.460 e. The number of aromatic amines is 1. The van der Waals surface area contributed by atoms with Crippen LogP contribution in [0, 0.1) is 11.6 Å². The van der Waals surface area contributed by atoms with E-state index >= 15 is 0 Å². The molecule has 0 fully saturated rings. The highest BCUT2D eigenvalue weighted by Crippen LogP contribution is 2.33. The summed E-state index contributed by atoms with van der Waals surface area (Å²) in [4.78, 5) is 14.4. The van der Waals surface area contributed by atoms with Crippen LogP contribution in [0.4, 0.5) is 8.78 Å². The van der Waals surface area contributed by atoms with Gasteiger partial charge in [-0.2, -0.15) is 0 Å². The monoisotopic (exact) mass is 383 g/mol. The van der Waals surface area contributed by atoms with Crippen LogP contribution in [0.3, 0.4) is 0 Å². The normalized spacial score (nSPS) is 11.1. The van der Waals surface area contributed by atoms with Gasteiger partial charge in [0.2, 0.25) is 5.56 Å². The van der Waals surface area contributed by atoms with Gasteiger partial charge in [0.15, 0.2) is 11.6 Å². The summed E-state index contributed by atoms with van der Waals surface area (Å²) in [6, 6.07) is 11.7. The third kappa shape index (κ3) is 3.44. The molecule has 5 heteroatoms. The van der Waals surface area contributed by atoms with Crippen LogP contribution in [0.1, 0.15) is 50.5 Å². The first-order valence-corrected chi connectivity index (χ1v) is 9.46. The molecule has 1 N–H and O–H groups in total. The molecule has 0 aliphatic heterocycles. The fraction of sp³-hybridized carbons (Fsp3) is 0.261. The van der Waals surface area contributed by atoms with Gasteiger partial charge in [0.05, 0.1) is 5.52 Å². The predicted molar refractivity (Wildman–Crippen MR) is 109 cm³/mol. The van der Waals surface area contributed by atoms with Gasteiger partial charge in [0, 0.05) is 34.7 Å². The lowest BCUT2D eigenvalue weighted by atomic mass is 9.95. The maximum absolute atomic E-state index is 14.1. The van der Waals surface area contributed by atoms with Crippen molar-refractivity contribution in [3.63, 3.8) is 0 Å². The minimum absolute atomic E-state index is 0.105. The molecular weight excluding hydrogens is 360 g/mol. The number of hydrogen-bond acceptors (Lipinski definition) is 2. The number of rotatable bonds is 3. The van der Waals surface area contributed by atoms with Crippen molar-refractivity contribution in [3.05, 3.63) is 81.3 Å². The Kier molecular flexibility index (Phi) is 5.63. The molecule has 2 aromatic heterocycles. The second-order valence-electron chi connectivity index (χ2n) is 6.72. The van der Waals surface area contributed by atoms with Crippen molar-refractivity contribution in [3.8, 4) is 0 Å². The quantitative estimate of drug-likeness (QED) is 0.452. The van der Waals surface area contributed by atoms with E-state index in [0.29, 0.717) is 17.4 Å². The molecule has 146 valence electrons. The standard InChI is InChI=1S/C21H17F2NO2.C2H6/c1-11(2)21-15(14-5-3-4-6-17(14)26-21)9-12-10-18(25)24-20-13(12)7-8-16(22)19(20)23;1-2/h3-8,10-11H,9H2,1-2H3,(H,24,25);1-2H3. The van der Waals surface area contributed by atoms with Crippen LogP contribution in [0.15, 0.2) is 51.7 Å². The van der Waals surface area contributed by atoms with E-state index in [2.05, 4.69) is 4.98 Å². The average molecular weight is 383 g/mol. The third-order valence-corrected chi connectivity index (χ3v) is 4.62. The number of halogens is 2. The highest BCUT2D eigenvalue weighted by molar-refractivity contribution is 5.86. The SMILES string of the molecule is CC.CC(C)c1oc2ccccc2c1Cc1cc(=O)[nH]c2c(F)c(F)ccc12. The van der Waals surface area contributed by atoms with Crippen molar-refractivity contribution >= 4 is 21.9 Å². The van der Waals surface area contributed by atoms with Crippen LogP contribution in [0.5, 0.6) is 0 Å². The average Bonchev–Trinajstić information content (AvgIpc) is 3.06. The van der Waals surface area contributed by atoms with Gasteiger partial charge in [0.25, 0.3) is 0 Å². The highest BCUT2D eigenvalue weighted by Gasteiger charge is 2.19. The van der Waals surface area contributed by atoms with E-state index in [-0.39, 0.29) is 11.4 Å². The molecule has 0 unspecified atom stereocenters. The van der Waals surface area contributed by atoms with Crippen LogP contribution in [-0.2, 0) is 6.42 Å². The van der Waals surface area contributed by atoms with E-state index in [0.717, 1.165) is 28.4 Å². The molecule has 0 saturated carbocycles. The van der Waals surface area contributed by atoms with Crippen molar-refractivity contribution < 1.29 is 13.2 Å². The summed E-state index contributed by atoms with van der Waals surface area (Å²) in [5, 5.41) is 1.45. The molecule has 0 atom stereocenters. The lowest BCUT2D eigenvalue weighted by molar-refractivity contribution is 0.514. The predicted octanol–water partition coefficient (Wildman–Crippen LogP) is 6.29. The summed E-state index contributed by atoms with van der Waals surface area (Å²) < 4.78 is 33.7. The van der Waals surface area contributed by atoms with E-state index < -0.39 is 17.2 Å². The Bertz CT molecular complexity index is 1190. The molecule has 4 aromatic rings. The minimum Gasteiger partial charge on any atom is -0.460 e. The van der Waals surface area contributed by atoms with Crippen LogP contribution in [-0.4, -0.2) is 4.98 Å². The number of aromatic nitrogens is 1. The Morgan fingerprint density at radius 1 is 1.04 bits per heavy atom. The summed E-state index contributed by atoms with van der Waals surface area (Å²) in [5.74, 6) is -1.04. The van der Waals surface area contributed by atoms with Gasteiger partial charge in [-0.15, -0.1) is 0 Å². The lowest BCUT2D eigenvalue weighted by Crippen LogP contribution is -2.09. The Hall–Kier alpha value is -2.95. The fourth-order valence-electron chi connectivity index (χ4n) is 3.44. The highest BCUT2D eigenvalue weighted by atomic mass is 19.2. The Morgan fingerprint density at radius 2 is 1.75 bits per heavy atom. The van der Waals surface area contributed by atoms with Crippen molar-refractivity contribution in [2.75, 3.05) is 0 Å². The van der Waals surface area contributed by atoms with Crippen molar-refractivity contribution in [1.82, 2.24) is 4.98 Å². The van der Waals surface area contributed by atoms with Gasteiger partial charge in [-0.25, -0.2) is 8.78 Å². The van der Waals surface area contributed by atoms with Crippen molar-refractivity contribution in [2.45, 2.75) is 40.0 Å². The van der Waals surface area contributed by atoms with Gasteiger partial charge in [-0.3, -0.25) is 4.79 Å². The smallest absolute Gasteiger partial charge is 0.248 e. The fourth-order valence-corrected chi connectivity index (χ4v) is 3.44. The molecule has 2 aromatic carbocycles. The van der Waals surface area contributed by atoms with Crippen molar-refractivity contribution in [2.24, 2.45) is 0 Å². The summed E-state index contributed by atoms with van der Waals surface area (Å²) in [6.07, 6.45) is 0.399. The number of hydrogen-bond donors (Lipinski definition) is 1. The first kappa shape index (κ1) is 19.8. The zero-order chi connectivity index (χ0) is 20.4. The summed E-state index contributed by atoms with van der Waals surface area (Å²) in [7, 11) is 0. The first-order valence-electron chi connectivity index (χ1n) is 9.46. The molecule has 0 saturated heterocycles. The number of pyridine rings is 1. The molecule has 28 heavy (non-hydrogen) atoms. The molecule has 0 aliphatic carbocycles. The minimum atomic E-state index is -1.04. The Balaban J connectivity index is 0.00000109. The number of benzene rings is 2. The Labute approximate surface area is 162 Å². The van der Waals surface area contributed by atoms with Crippen LogP contribution >= 0.6 is 0 Å². The number of fused-ring (bicyclic) bond motifs is 2. The second kappa shape index (κ2) is 7.97. The van der Waals surface area contributed by atoms with Gasteiger partial charge in [-0.05, 0) is 23.8 Å². The molecular formula is C23H23F2NO2. The molecule has 3 nitrogen and oxygen atoms in total. The molecule has 4 rings (SSSR count). The number of para-hydroxylation sites is 1. The molecule has 2 heterocycles. The maximum Gasteiger partial charge on any atom is 0.248 e. The lowest BCUT2D eigenvalue weighted by Gasteiger charge is -2.10. The topological polar surface area (TPSA) is 46.0 Å². The van der Waals surface area contributed by atoms with Crippen LogP contribution in [0.2, 0.25) is 0 Å². The molecule has 0 aliphatic rings. The molecule has 0 amide bonds. The molecule has 0 bridgehead atoms. The zero-order valence-electron chi connectivity index (χ0n) is 16.4. The second-order valence-corrected chi connectivity index (χ2v) is 6.72. The van der Waals surface area contributed by atoms with Crippen LogP contribution < -0.4 is 5.56 Å². The third-order valence-electron chi connectivity index (χ3n) is 4.62. The van der Waals surface area contributed by atoms with Crippen LogP contribution in [0.25, 0.3) is 21.9 Å². The zero-order valence-corrected chi connectivity index (χ0v) is 16.4. The van der Waals surface area contributed by atoms with E-state index in [1.165, 1.54) is 12.1 Å². The summed E-state index contributed by atoms with van der Waals surface area (Å²) in [6.45, 7) is 8.07. The van der Waals surface area contributed by atoms with Gasteiger partial charge in [0.1, 0.15) is 11.3 Å². The van der Waals surface area contributed by atoms with Gasteiger partial charge >= 0.3 is 0 Å². The number of H-pyrrole nitrogens is 1. The van der Waals surface area contributed by atoms with E-state index in [4.69, 9.17) is 4.42 Å².